The number of ketones is 1. The minimum atomic E-state index is 0.0227. The van der Waals surface area contributed by atoms with E-state index in [1.54, 1.807) is 0 Å². The summed E-state index contributed by atoms with van der Waals surface area (Å²) in [5, 5.41) is 2.80. The summed E-state index contributed by atoms with van der Waals surface area (Å²) in [5.74, 6) is 0.218. The summed E-state index contributed by atoms with van der Waals surface area (Å²) in [7, 11) is 0. The van der Waals surface area contributed by atoms with Gasteiger partial charge in [0.15, 0.2) is 0 Å². The Morgan fingerprint density at radius 3 is 2.20 bits per heavy atom. The summed E-state index contributed by atoms with van der Waals surface area (Å²) in [5.41, 5.74) is 5.18. The fourth-order valence-corrected chi connectivity index (χ4v) is 2.80. The van der Waals surface area contributed by atoms with Gasteiger partial charge in [0.1, 0.15) is 5.78 Å². The zero-order valence-electron chi connectivity index (χ0n) is 14.0. The predicted molar refractivity (Wildman–Crippen MR) is 92.0 cm³/mol. The van der Waals surface area contributed by atoms with Crippen LogP contribution in [0.5, 0.6) is 0 Å². The highest BCUT2D eigenvalue weighted by atomic mass is 16.2. The molecule has 0 unspecified atom stereocenters. The van der Waals surface area contributed by atoms with Crippen molar-refractivity contribution in [1.29, 1.82) is 0 Å². The van der Waals surface area contributed by atoms with Crippen LogP contribution in [-0.4, -0.2) is 17.8 Å². The lowest BCUT2D eigenvalue weighted by Gasteiger charge is -2.05. The number of nitrogens with one attached hydrogen (secondary N) is 1. The third-order valence-corrected chi connectivity index (χ3v) is 4.03. The van der Waals surface area contributed by atoms with Crippen LogP contribution in [0.1, 0.15) is 29.2 Å². The van der Waals surface area contributed by atoms with Crippen LogP contribution >= 0.6 is 0 Å². The molecule has 0 saturated heterocycles. The first-order valence-corrected chi connectivity index (χ1v) is 8.06. The molecule has 0 aliphatic carbocycles. The Balaban J connectivity index is 0.000000701. The first kappa shape index (κ1) is 18.3. The molecule has 1 N–H and O–H groups in total. The van der Waals surface area contributed by atoms with Gasteiger partial charge in [-0.1, -0.05) is 43.3 Å². The van der Waals surface area contributed by atoms with E-state index in [9.17, 15) is 9.59 Å². The number of Topliss-reactive ketones (excluding diaryl/α,β-unsaturated/α-hetero) is 1. The van der Waals surface area contributed by atoms with Gasteiger partial charge >= 0.3 is 6.15 Å². The number of fused-ring (bicyclic) bond motifs is 1. The van der Waals surface area contributed by atoms with Gasteiger partial charge in [-0.2, -0.15) is 9.59 Å². The standard InChI is InChI=1S/C19H19NO2.CO2/c1-2-13-3-5-14(6-4-13)10-17(21)11-15-7-8-18-16(9-15)12-19(22)20-18;2-1-3/h3-9H,2,10-12H2,1H3,(H,20,22);. The molecule has 0 atom stereocenters. The Kier molecular flexibility index (Phi) is 6.38. The van der Waals surface area contributed by atoms with Gasteiger partial charge in [-0.25, -0.2) is 0 Å². The van der Waals surface area contributed by atoms with Crippen LogP contribution in [-0.2, 0) is 44.9 Å². The number of hydrogen-bond acceptors (Lipinski definition) is 4. The van der Waals surface area contributed by atoms with Crippen LogP contribution in [0, 0.1) is 0 Å². The summed E-state index contributed by atoms with van der Waals surface area (Å²) in [4.78, 5) is 39.8. The summed E-state index contributed by atoms with van der Waals surface area (Å²) >= 11 is 0. The number of rotatable bonds is 5. The summed E-state index contributed by atoms with van der Waals surface area (Å²) in [6.07, 6.45) is 2.54. The molecular weight excluding hydrogens is 318 g/mol. The minimum Gasteiger partial charge on any atom is -0.326 e. The summed E-state index contributed by atoms with van der Waals surface area (Å²) in [6, 6.07) is 14.0. The molecule has 1 aliphatic rings. The Labute approximate surface area is 146 Å². The van der Waals surface area contributed by atoms with Gasteiger partial charge in [0.05, 0.1) is 6.42 Å². The van der Waals surface area contributed by atoms with E-state index in [0.717, 1.165) is 28.8 Å². The Morgan fingerprint density at radius 2 is 1.56 bits per heavy atom. The van der Waals surface area contributed by atoms with Crippen LogP contribution in [0.4, 0.5) is 5.69 Å². The maximum absolute atomic E-state index is 12.2. The summed E-state index contributed by atoms with van der Waals surface area (Å²) in [6.45, 7) is 2.12. The highest BCUT2D eigenvalue weighted by Crippen LogP contribution is 2.24. The Hall–Kier alpha value is -3.04. The number of anilines is 1. The lowest BCUT2D eigenvalue weighted by molar-refractivity contribution is -0.191. The second kappa shape index (κ2) is 8.71. The van der Waals surface area contributed by atoms with Gasteiger partial charge in [-0.3, -0.25) is 9.59 Å². The zero-order chi connectivity index (χ0) is 18.2. The molecule has 1 heterocycles. The summed E-state index contributed by atoms with van der Waals surface area (Å²) < 4.78 is 0. The molecule has 1 amide bonds. The van der Waals surface area contributed by atoms with E-state index in [1.165, 1.54) is 5.56 Å². The molecule has 2 aromatic carbocycles. The number of aryl methyl sites for hydroxylation is 1. The monoisotopic (exact) mass is 337 g/mol. The van der Waals surface area contributed by atoms with Crippen LogP contribution in [0.25, 0.3) is 0 Å². The van der Waals surface area contributed by atoms with Crippen LogP contribution in [0.3, 0.4) is 0 Å². The normalized spacial score (nSPS) is 11.6. The number of amides is 1. The molecule has 0 spiro atoms. The average molecular weight is 337 g/mol. The molecule has 0 bridgehead atoms. The molecule has 25 heavy (non-hydrogen) atoms. The van der Waals surface area contributed by atoms with E-state index < -0.39 is 0 Å². The molecule has 5 heteroatoms. The van der Waals surface area contributed by atoms with Crippen molar-refractivity contribution >= 4 is 23.5 Å². The van der Waals surface area contributed by atoms with Crippen molar-refractivity contribution < 1.29 is 19.2 Å². The maximum Gasteiger partial charge on any atom is 0.373 e. The molecule has 0 aromatic heterocycles. The molecule has 5 nitrogen and oxygen atoms in total. The van der Waals surface area contributed by atoms with Crippen molar-refractivity contribution in [2.24, 2.45) is 0 Å². The second-order valence-electron chi connectivity index (χ2n) is 5.86. The fourth-order valence-electron chi connectivity index (χ4n) is 2.80. The predicted octanol–water partition coefficient (Wildman–Crippen LogP) is 2.51. The second-order valence-corrected chi connectivity index (χ2v) is 5.86. The SMILES string of the molecule is CCc1ccc(CC(=O)Cc2ccc3c(c2)CC(=O)N3)cc1.O=C=O. The molecule has 0 saturated carbocycles. The maximum atomic E-state index is 12.2. The molecular formula is C20H19NO4. The van der Waals surface area contributed by atoms with Crippen molar-refractivity contribution in [1.82, 2.24) is 0 Å². The minimum absolute atomic E-state index is 0.0227. The van der Waals surface area contributed by atoms with Gasteiger partial charge in [-0.05, 0) is 34.7 Å². The van der Waals surface area contributed by atoms with Crippen molar-refractivity contribution in [3.8, 4) is 0 Å². The van der Waals surface area contributed by atoms with Gasteiger partial charge in [0, 0.05) is 18.5 Å². The number of carbonyl (C=O) groups excluding carboxylic acids is 4. The zero-order valence-corrected chi connectivity index (χ0v) is 14.0. The van der Waals surface area contributed by atoms with Gasteiger partial charge in [-0.15, -0.1) is 0 Å². The highest BCUT2D eigenvalue weighted by Gasteiger charge is 2.18. The molecule has 3 rings (SSSR count). The lowest BCUT2D eigenvalue weighted by Crippen LogP contribution is -2.06. The van der Waals surface area contributed by atoms with E-state index in [4.69, 9.17) is 9.59 Å². The largest absolute Gasteiger partial charge is 0.373 e. The molecule has 1 aliphatic heterocycles. The van der Waals surface area contributed by atoms with Gasteiger partial charge in [0.25, 0.3) is 0 Å². The lowest BCUT2D eigenvalue weighted by atomic mass is 9.99. The quantitative estimate of drug-likeness (QED) is 0.909. The van der Waals surface area contributed by atoms with Crippen LogP contribution < -0.4 is 5.32 Å². The van der Waals surface area contributed by atoms with E-state index >= 15 is 0 Å². The number of carbonyl (C=O) groups is 2. The highest BCUT2D eigenvalue weighted by molar-refractivity contribution is 5.99. The third kappa shape index (κ3) is 5.23. The first-order valence-electron chi connectivity index (χ1n) is 8.06. The first-order chi connectivity index (χ1) is 12.0. The van der Waals surface area contributed by atoms with E-state index in [1.807, 2.05) is 30.3 Å². The van der Waals surface area contributed by atoms with Gasteiger partial charge in [0.2, 0.25) is 5.91 Å². The topological polar surface area (TPSA) is 80.3 Å². The van der Waals surface area contributed by atoms with Crippen LogP contribution in [0.2, 0.25) is 0 Å². The van der Waals surface area contributed by atoms with Crippen molar-refractivity contribution in [2.75, 3.05) is 5.32 Å². The number of benzene rings is 2. The van der Waals surface area contributed by atoms with E-state index in [2.05, 4.69) is 24.4 Å². The Bertz CT molecular complexity index is 803. The van der Waals surface area contributed by atoms with Crippen molar-refractivity contribution in [3.63, 3.8) is 0 Å². The average Bonchev–Trinajstić information content (AvgIpc) is 2.95. The fraction of sp³-hybridized carbons (Fsp3) is 0.250. The van der Waals surface area contributed by atoms with Crippen LogP contribution in [0.15, 0.2) is 42.5 Å². The Morgan fingerprint density at radius 1 is 1.00 bits per heavy atom. The molecule has 0 fully saturated rings. The third-order valence-electron chi connectivity index (χ3n) is 4.03. The van der Waals surface area contributed by atoms with Crippen molar-refractivity contribution in [3.05, 3.63) is 64.7 Å². The van der Waals surface area contributed by atoms with E-state index in [0.29, 0.717) is 19.3 Å². The van der Waals surface area contributed by atoms with E-state index in [-0.39, 0.29) is 17.8 Å². The molecule has 0 radical (unpaired) electrons. The smallest absolute Gasteiger partial charge is 0.326 e. The molecule has 128 valence electrons. The van der Waals surface area contributed by atoms with Gasteiger partial charge < -0.3 is 5.32 Å². The van der Waals surface area contributed by atoms with Crippen molar-refractivity contribution in [2.45, 2.75) is 32.6 Å². The number of hydrogen-bond donors (Lipinski definition) is 1. The molecule has 2 aromatic rings.